The molecule has 0 aliphatic heterocycles. The van der Waals surface area contributed by atoms with Gasteiger partial charge in [-0.1, -0.05) is 0 Å². The van der Waals surface area contributed by atoms with Crippen molar-refractivity contribution in [2.24, 2.45) is 0 Å². The molecule has 1 aromatic rings. The van der Waals surface area contributed by atoms with Gasteiger partial charge in [-0.2, -0.15) is 0 Å². The lowest BCUT2D eigenvalue weighted by molar-refractivity contribution is 0.0600. The Morgan fingerprint density at radius 2 is 2.45 bits per heavy atom. The van der Waals surface area contributed by atoms with E-state index in [2.05, 4.69) is 9.72 Å². The standard InChI is InChI=1S/C7H6INO2/c1-11-7(10)5-2-3-9-6(8)4-5/h2-4H,1H3. The first-order valence-corrected chi connectivity index (χ1v) is 4.02. The molecule has 58 valence electrons. The number of carbonyl (C=O) groups excluding carboxylic acids is 1. The average molecular weight is 263 g/mol. The lowest BCUT2D eigenvalue weighted by atomic mass is 10.3. The van der Waals surface area contributed by atoms with Gasteiger partial charge in [-0.05, 0) is 34.7 Å². The highest BCUT2D eigenvalue weighted by molar-refractivity contribution is 14.1. The first-order chi connectivity index (χ1) is 5.24. The van der Waals surface area contributed by atoms with E-state index in [1.54, 1.807) is 18.3 Å². The van der Waals surface area contributed by atoms with Crippen molar-refractivity contribution in [2.75, 3.05) is 7.11 Å². The second-order valence-corrected chi connectivity index (χ2v) is 2.96. The molecule has 0 saturated heterocycles. The van der Waals surface area contributed by atoms with Gasteiger partial charge in [0.05, 0.1) is 12.7 Å². The van der Waals surface area contributed by atoms with Gasteiger partial charge in [0.1, 0.15) is 3.70 Å². The zero-order chi connectivity index (χ0) is 8.27. The van der Waals surface area contributed by atoms with Gasteiger partial charge in [0.15, 0.2) is 0 Å². The molecule has 0 saturated carbocycles. The molecule has 11 heavy (non-hydrogen) atoms. The van der Waals surface area contributed by atoms with E-state index in [1.807, 2.05) is 22.6 Å². The van der Waals surface area contributed by atoms with Crippen molar-refractivity contribution in [3.05, 3.63) is 27.6 Å². The topological polar surface area (TPSA) is 39.2 Å². The zero-order valence-corrected chi connectivity index (χ0v) is 8.03. The minimum Gasteiger partial charge on any atom is -0.465 e. The number of methoxy groups -OCH3 is 1. The fourth-order valence-electron chi connectivity index (χ4n) is 0.647. The van der Waals surface area contributed by atoms with Crippen LogP contribution >= 0.6 is 22.6 Å². The third kappa shape index (κ3) is 2.14. The number of hydrogen-bond acceptors (Lipinski definition) is 3. The van der Waals surface area contributed by atoms with Crippen molar-refractivity contribution in [1.82, 2.24) is 4.98 Å². The van der Waals surface area contributed by atoms with Crippen LogP contribution in [0.15, 0.2) is 18.3 Å². The van der Waals surface area contributed by atoms with Gasteiger partial charge < -0.3 is 4.74 Å². The number of ether oxygens (including phenoxy) is 1. The van der Waals surface area contributed by atoms with E-state index in [-0.39, 0.29) is 5.97 Å². The van der Waals surface area contributed by atoms with Crippen molar-refractivity contribution in [1.29, 1.82) is 0 Å². The van der Waals surface area contributed by atoms with Crippen LogP contribution in [-0.2, 0) is 4.74 Å². The van der Waals surface area contributed by atoms with E-state index >= 15 is 0 Å². The summed E-state index contributed by atoms with van der Waals surface area (Å²) in [5, 5.41) is 0. The number of pyridine rings is 1. The molecule has 0 fully saturated rings. The number of rotatable bonds is 1. The summed E-state index contributed by atoms with van der Waals surface area (Å²) in [5.74, 6) is -0.328. The van der Waals surface area contributed by atoms with Crippen molar-refractivity contribution in [3.8, 4) is 0 Å². The van der Waals surface area contributed by atoms with Crippen LogP contribution in [0.5, 0.6) is 0 Å². The molecule has 0 radical (unpaired) electrons. The van der Waals surface area contributed by atoms with E-state index in [9.17, 15) is 4.79 Å². The summed E-state index contributed by atoms with van der Waals surface area (Å²) >= 11 is 2.04. The molecular formula is C7H6INO2. The number of hydrogen-bond donors (Lipinski definition) is 0. The first-order valence-electron chi connectivity index (χ1n) is 2.94. The Labute approximate surface area is 77.9 Å². The van der Waals surface area contributed by atoms with Crippen LogP contribution in [0.3, 0.4) is 0 Å². The Kier molecular flexibility index (Phi) is 2.81. The second kappa shape index (κ2) is 3.66. The molecule has 0 aliphatic carbocycles. The largest absolute Gasteiger partial charge is 0.465 e. The molecule has 0 N–H and O–H groups in total. The quantitative estimate of drug-likeness (QED) is 0.437. The minimum atomic E-state index is -0.328. The van der Waals surface area contributed by atoms with E-state index in [0.717, 1.165) is 3.70 Å². The van der Waals surface area contributed by atoms with Crippen LogP contribution < -0.4 is 0 Å². The fraction of sp³-hybridized carbons (Fsp3) is 0.143. The normalized spacial score (nSPS) is 9.27. The Hall–Kier alpha value is -0.650. The number of carbonyl (C=O) groups is 1. The molecule has 1 aromatic heterocycles. The maximum atomic E-state index is 10.9. The summed E-state index contributed by atoms with van der Waals surface area (Å²) in [6.45, 7) is 0. The van der Waals surface area contributed by atoms with Gasteiger partial charge in [0.2, 0.25) is 0 Å². The first kappa shape index (κ1) is 8.45. The molecule has 0 aliphatic rings. The number of esters is 1. The third-order valence-corrected chi connectivity index (χ3v) is 1.74. The molecule has 4 heteroatoms. The van der Waals surface area contributed by atoms with E-state index < -0.39 is 0 Å². The van der Waals surface area contributed by atoms with Gasteiger partial charge in [-0.3, -0.25) is 4.98 Å². The fourth-order valence-corrected chi connectivity index (χ4v) is 1.14. The molecule has 0 aromatic carbocycles. The highest BCUT2D eigenvalue weighted by atomic mass is 127. The molecule has 0 bridgehead atoms. The molecule has 0 amide bonds. The Morgan fingerprint density at radius 3 is 3.00 bits per heavy atom. The summed E-state index contributed by atoms with van der Waals surface area (Å²) in [6.07, 6.45) is 1.58. The minimum absolute atomic E-state index is 0.328. The average Bonchev–Trinajstić information content (AvgIpc) is 2.03. The summed E-state index contributed by atoms with van der Waals surface area (Å²) in [5.41, 5.74) is 0.534. The molecule has 1 heterocycles. The monoisotopic (exact) mass is 263 g/mol. The van der Waals surface area contributed by atoms with Crippen molar-refractivity contribution in [3.63, 3.8) is 0 Å². The zero-order valence-electron chi connectivity index (χ0n) is 5.87. The van der Waals surface area contributed by atoms with Gasteiger partial charge in [-0.15, -0.1) is 0 Å². The number of aromatic nitrogens is 1. The highest BCUT2D eigenvalue weighted by Gasteiger charge is 2.03. The van der Waals surface area contributed by atoms with Crippen LogP contribution in [0.1, 0.15) is 10.4 Å². The summed E-state index contributed by atoms with van der Waals surface area (Å²) in [6, 6.07) is 3.29. The van der Waals surface area contributed by atoms with Crippen molar-refractivity contribution < 1.29 is 9.53 Å². The smallest absolute Gasteiger partial charge is 0.337 e. The van der Waals surface area contributed by atoms with Crippen LogP contribution in [0, 0.1) is 3.70 Å². The molecule has 1 rings (SSSR count). The molecule has 0 spiro atoms. The SMILES string of the molecule is COC(=O)c1ccnc(I)c1. The predicted octanol–water partition coefficient (Wildman–Crippen LogP) is 1.47. The Bertz CT molecular complexity index is 275. The summed E-state index contributed by atoms with van der Waals surface area (Å²) < 4.78 is 5.30. The predicted molar refractivity (Wildman–Crippen MR) is 48.3 cm³/mol. The van der Waals surface area contributed by atoms with Crippen LogP contribution in [0.4, 0.5) is 0 Å². The lowest BCUT2D eigenvalue weighted by Gasteiger charge is -1.97. The maximum Gasteiger partial charge on any atom is 0.337 e. The van der Waals surface area contributed by atoms with E-state index in [4.69, 9.17) is 0 Å². The summed E-state index contributed by atoms with van der Waals surface area (Å²) in [7, 11) is 1.36. The van der Waals surface area contributed by atoms with Crippen LogP contribution in [-0.4, -0.2) is 18.1 Å². The maximum absolute atomic E-state index is 10.9. The summed E-state index contributed by atoms with van der Waals surface area (Å²) in [4.78, 5) is 14.8. The van der Waals surface area contributed by atoms with Crippen molar-refractivity contribution in [2.45, 2.75) is 0 Å². The molecule has 3 nitrogen and oxygen atoms in total. The van der Waals surface area contributed by atoms with Crippen LogP contribution in [0.25, 0.3) is 0 Å². The van der Waals surface area contributed by atoms with E-state index in [0.29, 0.717) is 5.56 Å². The van der Waals surface area contributed by atoms with E-state index in [1.165, 1.54) is 7.11 Å². The van der Waals surface area contributed by atoms with Gasteiger partial charge in [0.25, 0.3) is 0 Å². The second-order valence-electron chi connectivity index (χ2n) is 1.86. The number of halogens is 1. The van der Waals surface area contributed by atoms with Gasteiger partial charge in [0, 0.05) is 6.20 Å². The molecule has 0 atom stereocenters. The highest BCUT2D eigenvalue weighted by Crippen LogP contribution is 2.04. The Balaban J connectivity index is 2.96. The Morgan fingerprint density at radius 1 is 1.73 bits per heavy atom. The van der Waals surface area contributed by atoms with Crippen LogP contribution in [0.2, 0.25) is 0 Å². The third-order valence-electron chi connectivity index (χ3n) is 1.15. The molecule has 0 unspecified atom stereocenters. The van der Waals surface area contributed by atoms with Gasteiger partial charge >= 0.3 is 5.97 Å². The van der Waals surface area contributed by atoms with Gasteiger partial charge in [-0.25, -0.2) is 4.79 Å². The van der Waals surface area contributed by atoms with Crippen molar-refractivity contribution >= 4 is 28.6 Å². The lowest BCUT2D eigenvalue weighted by Crippen LogP contribution is -2.01. The molecular weight excluding hydrogens is 257 g/mol. The number of nitrogens with zero attached hydrogens (tertiary/aromatic N) is 1.